The predicted molar refractivity (Wildman–Crippen MR) is 109 cm³/mol. The number of nitrogens with two attached hydrogens (primary N) is 1. The number of H-pyrrole nitrogens is 1. The van der Waals surface area contributed by atoms with Crippen molar-refractivity contribution >= 4 is 24.3 Å². The van der Waals surface area contributed by atoms with Gasteiger partial charge in [-0.1, -0.05) is 24.5 Å². The first-order chi connectivity index (χ1) is 12.6. The quantitative estimate of drug-likeness (QED) is 0.449. The summed E-state index contributed by atoms with van der Waals surface area (Å²) >= 11 is 0. The van der Waals surface area contributed by atoms with Gasteiger partial charge in [-0.05, 0) is 38.5 Å². The van der Waals surface area contributed by atoms with Crippen LogP contribution in [0.5, 0.6) is 0 Å². The number of anilines is 1. The molecule has 0 unspecified atom stereocenters. The Morgan fingerprint density at radius 1 is 1.15 bits per heavy atom. The maximum absolute atomic E-state index is 10.8. The lowest BCUT2D eigenvalue weighted by Crippen LogP contribution is -2.20. The van der Waals surface area contributed by atoms with Crippen LogP contribution in [0.15, 0.2) is 12.4 Å². The first kappa shape index (κ1) is 23.0. The summed E-state index contributed by atoms with van der Waals surface area (Å²) in [5, 5.41) is 11.3. The first-order valence-corrected chi connectivity index (χ1v) is 9.56. The fourth-order valence-electron chi connectivity index (χ4n) is 2.88. The highest BCUT2D eigenvalue weighted by Crippen LogP contribution is 2.08. The number of carbonyl (C=O) groups excluding carboxylic acids is 1. The lowest BCUT2D eigenvalue weighted by molar-refractivity contribution is -0.118. The minimum atomic E-state index is 0. The standard InChI is InChI=1S/C18H31N7O.ClH/c1-15(26)20-11-7-3-2-5-10-17-14-25(24-23-17)12-8-4-6-9-16-13-21-18(19)22-16;/h13-14H,2-12H2,1H3,(H,20,26)(H3,19,21,22);1H. The summed E-state index contributed by atoms with van der Waals surface area (Å²) in [4.78, 5) is 17.8. The molecule has 2 heterocycles. The third-order valence-corrected chi connectivity index (χ3v) is 4.30. The van der Waals surface area contributed by atoms with Crippen LogP contribution in [0.3, 0.4) is 0 Å². The average molecular weight is 398 g/mol. The summed E-state index contributed by atoms with van der Waals surface area (Å²) in [7, 11) is 0. The van der Waals surface area contributed by atoms with Crippen LogP contribution in [-0.4, -0.2) is 37.4 Å². The Hall–Kier alpha value is -2.09. The smallest absolute Gasteiger partial charge is 0.216 e. The molecule has 0 spiro atoms. The lowest BCUT2D eigenvalue weighted by atomic mass is 10.1. The van der Waals surface area contributed by atoms with Crippen molar-refractivity contribution in [3.63, 3.8) is 0 Å². The number of carbonyl (C=O) groups is 1. The van der Waals surface area contributed by atoms with Gasteiger partial charge in [0.05, 0.1) is 11.9 Å². The number of aromatic nitrogens is 5. The summed E-state index contributed by atoms with van der Waals surface area (Å²) in [6.07, 6.45) is 13.6. The number of nitrogen functional groups attached to an aromatic ring is 1. The number of amides is 1. The van der Waals surface area contributed by atoms with Gasteiger partial charge in [0.25, 0.3) is 0 Å². The van der Waals surface area contributed by atoms with Crippen molar-refractivity contribution in [2.75, 3.05) is 12.3 Å². The zero-order valence-corrected chi connectivity index (χ0v) is 16.9. The lowest BCUT2D eigenvalue weighted by Gasteiger charge is -2.01. The maximum Gasteiger partial charge on any atom is 0.216 e. The molecule has 0 atom stereocenters. The van der Waals surface area contributed by atoms with Gasteiger partial charge >= 0.3 is 0 Å². The van der Waals surface area contributed by atoms with E-state index < -0.39 is 0 Å². The van der Waals surface area contributed by atoms with E-state index in [1.807, 2.05) is 4.68 Å². The minimum Gasteiger partial charge on any atom is -0.369 e. The molecule has 8 nitrogen and oxygen atoms in total. The van der Waals surface area contributed by atoms with E-state index in [0.717, 1.165) is 82.3 Å². The van der Waals surface area contributed by atoms with E-state index in [1.54, 1.807) is 13.1 Å². The number of rotatable bonds is 13. The number of imidazole rings is 1. The van der Waals surface area contributed by atoms with Crippen LogP contribution in [0.1, 0.15) is 63.3 Å². The predicted octanol–water partition coefficient (Wildman–Crippen LogP) is 2.66. The van der Waals surface area contributed by atoms with Crippen molar-refractivity contribution in [2.45, 2.75) is 71.3 Å². The molecule has 0 aliphatic rings. The Kier molecular flexibility index (Phi) is 11.2. The Balaban J connectivity index is 0.00000364. The third kappa shape index (κ3) is 9.98. The van der Waals surface area contributed by atoms with Crippen LogP contribution in [0, 0.1) is 0 Å². The molecule has 0 saturated carbocycles. The normalized spacial score (nSPS) is 10.6. The summed E-state index contributed by atoms with van der Waals surface area (Å²) in [6.45, 7) is 3.24. The Bertz CT molecular complexity index is 656. The number of aromatic amines is 1. The van der Waals surface area contributed by atoms with Gasteiger partial charge in [-0.3, -0.25) is 9.48 Å². The molecule has 2 rings (SSSR count). The molecular weight excluding hydrogens is 366 g/mol. The Morgan fingerprint density at radius 2 is 1.89 bits per heavy atom. The van der Waals surface area contributed by atoms with Crippen molar-refractivity contribution in [1.29, 1.82) is 0 Å². The number of nitrogens with zero attached hydrogens (tertiary/aromatic N) is 4. The van der Waals surface area contributed by atoms with Gasteiger partial charge in [0.2, 0.25) is 5.91 Å². The SMILES string of the molecule is CC(=O)NCCCCCCc1cn(CCCCCc2cnc(N)[nH]2)nn1.Cl. The molecule has 2 aromatic rings. The van der Waals surface area contributed by atoms with Crippen LogP contribution in [-0.2, 0) is 24.2 Å². The second kappa shape index (κ2) is 13.1. The second-order valence-electron chi connectivity index (χ2n) is 6.72. The van der Waals surface area contributed by atoms with E-state index in [4.69, 9.17) is 5.73 Å². The van der Waals surface area contributed by atoms with Crippen molar-refractivity contribution < 1.29 is 4.79 Å². The van der Waals surface area contributed by atoms with E-state index >= 15 is 0 Å². The monoisotopic (exact) mass is 397 g/mol. The zero-order chi connectivity index (χ0) is 18.6. The number of halogens is 1. The molecule has 9 heteroatoms. The largest absolute Gasteiger partial charge is 0.369 e. The van der Waals surface area contributed by atoms with Gasteiger partial charge in [-0.2, -0.15) is 0 Å². The maximum atomic E-state index is 10.8. The van der Waals surface area contributed by atoms with Gasteiger partial charge in [0, 0.05) is 31.9 Å². The molecule has 152 valence electrons. The van der Waals surface area contributed by atoms with E-state index in [-0.39, 0.29) is 18.3 Å². The molecule has 0 fully saturated rings. The van der Waals surface area contributed by atoms with E-state index in [0.29, 0.717) is 5.95 Å². The molecule has 4 N–H and O–H groups in total. The topological polar surface area (TPSA) is 115 Å². The minimum absolute atomic E-state index is 0. The van der Waals surface area contributed by atoms with Crippen molar-refractivity contribution in [1.82, 2.24) is 30.3 Å². The molecule has 2 aromatic heterocycles. The van der Waals surface area contributed by atoms with Crippen LogP contribution < -0.4 is 11.1 Å². The Morgan fingerprint density at radius 3 is 2.63 bits per heavy atom. The second-order valence-corrected chi connectivity index (χ2v) is 6.72. The van der Waals surface area contributed by atoms with Gasteiger partial charge in [-0.25, -0.2) is 4.98 Å². The number of hydrogen-bond donors (Lipinski definition) is 3. The molecule has 0 aromatic carbocycles. The van der Waals surface area contributed by atoms with Gasteiger partial charge in [-0.15, -0.1) is 17.5 Å². The first-order valence-electron chi connectivity index (χ1n) is 9.56. The number of nitrogens with one attached hydrogen (secondary N) is 2. The fraction of sp³-hybridized carbons (Fsp3) is 0.667. The average Bonchev–Trinajstić information content (AvgIpc) is 3.22. The highest BCUT2D eigenvalue weighted by molar-refractivity contribution is 5.85. The molecule has 1 amide bonds. The van der Waals surface area contributed by atoms with E-state index in [2.05, 4.69) is 31.8 Å². The molecule has 27 heavy (non-hydrogen) atoms. The molecule has 0 bridgehead atoms. The van der Waals surface area contributed by atoms with Gasteiger partial charge < -0.3 is 16.0 Å². The number of aryl methyl sites for hydroxylation is 3. The van der Waals surface area contributed by atoms with Crippen LogP contribution in [0.25, 0.3) is 0 Å². The van der Waals surface area contributed by atoms with Crippen LogP contribution in [0.4, 0.5) is 5.95 Å². The van der Waals surface area contributed by atoms with Gasteiger partial charge in [0.1, 0.15) is 0 Å². The molecule has 0 radical (unpaired) electrons. The fourth-order valence-corrected chi connectivity index (χ4v) is 2.88. The van der Waals surface area contributed by atoms with Crippen LogP contribution in [0.2, 0.25) is 0 Å². The van der Waals surface area contributed by atoms with E-state index in [1.165, 1.54) is 0 Å². The molecular formula is C18H32ClN7O. The van der Waals surface area contributed by atoms with Crippen molar-refractivity contribution in [3.8, 4) is 0 Å². The summed E-state index contributed by atoms with van der Waals surface area (Å²) in [5.74, 6) is 0.537. The number of hydrogen-bond acceptors (Lipinski definition) is 5. The summed E-state index contributed by atoms with van der Waals surface area (Å²) < 4.78 is 1.94. The molecule has 0 aliphatic carbocycles. The highest BCUT2D eigenvalue weighted by Gasteiger charge is 2.02. The van der Waals surface area contributed by atoms with Crippen LogP contribution >= 0.6 is 12.4 Å². The van der Waals surface area contributed by atoms with Crippen molar-refractivity contribution in [2.24, 2.45) is 0 Å². The zero-order valence-electron chi connectivity index (χ0n) is 16.1. The highest BCUT2D eigenvalue weighted by atomic mass is 35.5. The number of unbranched alkanes of at least 4 members (excludes halogenated alkanes) is 5. The Labute approximate surface area is 167 Å². The van der Waals surface area contributed by atoms with Gasteiger partial charge in [0.15, 0.2) is 5.95 Å². The molecule has 0 saturated heterocycles. The van der Waals surface area contributed by atoms with E-state index in [9.17, 15) is 4.79 Å². The summed E-state index contributed by atoms with van der Waals surface area (Å²) in [5.41, 5.74) is 7.73. The third-order valence-electron chi connectivity index (χ3n) is 4.30. The molecule has 0 aliphatic heterocycles. The summed E-state index contributed by atoms with van der Waals surface area (Å²) in [6, 6.07) is 0. The van der Waals surface area contributed by atoms with Crippen molar-refractivity contribution in [3.05, 3.63) is 23.8 Å².